The van der Waals surface area contributed by atoms with Crippen molar-refractivity contribution in [1.82, 2.24) is 19.4 Å². The summed E-state index contributed by atoms with van der Waals surface area (Å²) in [7, 11) is 5.90. The number of amides is 1. The lowest BCUT2D eigenvalue weighted by Gasteiger charge is -2.36. The zero-order valence-corrected chi connectivity index (χ0v) is 12.5. The highest BCUT2D eigenvalue weighted by molar-refractivity contribution is 5.77. The van der Waals surface area contributed by atoms with E-state index in [0.717, 1.165) is 25.9 Å². The van der Waals surface area contributed by atoms with Gasteiger partial charge in [0.15, 0.2) is 0 Å². The fraction of sp³-hybridized carbons (Fsp3) is 0.714. The molecule has 0 radical (unpaired) electrons. The van der Waals surface area contributed by atoms with Crippen molar-refractivity contribution in [2.75, 3.05) is 27.2 Å². The van der Waals surface area contributed by atoms with E-state index in [1.807, 2.05) is 26.0 Å². The minimum absolute atomic E-state index is 0.00653. The van der Waals surface area contributed by atoms with Crippen LogP contribution >= 0.6 is 0 Å². The lowest BCUT2D eigenvalue weighted by atomic mass is 10.0. The van der Waals surface area contributed by atoms with E-state index < -0.39 is 6.10 Å². The summed E-state index contributed by atoms with van der Waals surface area (Å²) < 4.78 is 1.75. The molecule has 6 nitrogen and oxygen atoms in total. The van der Waals surface area contributed by atoms with Gasteiger partial charge in [-0.05, 0) is 26.9 Å². The second-order valence-electron chi connectivity index (χ2n) is 5.72. The summed E-state index contributed by atoms with van der Waals surface area (Å²) in [6, 6.07) is 0.415. The molecule has 0 aromatic carbocycles. The van der Waals surface area contributed by atoms with Gasteiger partial charge in [-0.25, -0.2) is 4.98 Å². The first kappa shape index (κ1) is 15.0. The van der Waals surface area contributed by atoms with Crippen LogP contribution < -0.4 is 0 Å². The first-order valence-electron chi connectivity index (χ1n) is 7.08. The number of carbonyl (C=O) groups excluding carboxylic acids is 1. The zero-order valence-electron chi connectivity index (χ0n) is 12.5. The van der Waals surface area contributed by atoms with E-state index in [2.05, 4.69) is 9.88 Å². The number of hydrogen-bond acceptors (Lipinski definition) is 4. The van der Waals surface area contributed by atoms with E-state index in [1.54, 1.807) is 17.0 Å². The molecule has 1 saturated heterocycles. The molecule has 20 heavy (non-hydrogen) atoms. The summed E-state index contributed by atoms with van der Waals surface area (Å²) in [5.74, 6) is 0.548. The van der Waals surface area contributed by atoms with E-state index in [4.69, 9.17) is 0 Å². The number of nitrogens with zero attached hydrogens (tertiary/aromatic N) is 4. The van der Waals surface area contributed by atoms with Gasteiger partial charge in [0.05, 0.1) is 6.42 Å². The van der Waals surface area contributed by atoms with Gasteiger partial charge in [0.1, 0.15) is 11.9 Å². The van der Waals surface area contributed by atoms with Crippen LogP contribution in [0.5, 0.6) is 0 Å². The third-order valence-electron chi connectivity index (χ3n) is 4.00. The molecule has 1 aromatic rings. The van der Waals surface area contributed by atoms with Gasteiger partial charge in [-0.3, -0.25) is 4.79 Å². The van der Waals surface area contributed by atoms with E-state index in [-0.39, 0.29) is 12.3 Å². The molecule has 0 aliphatic carbocycles. The molecule has 112 valence electrons. The molecular weight excluding hydrogens is 256 g/mol. The van der Waals surface area contributed by atoms with Crippen LogP contribution in [-0.2, 0) is 11.8 Å². The summed E-state index contributed by atoms with van der Waals surface area (Å²) in [6.07, 6.45) is 4.82. The molecule has 0 saturated carbocycles. The maximum Gasteiger partial charge on any atom is 0.225 e. The van der Waals surface area contributed by atoms with Crippen LogP contribution in [0, 0.1) is 0 Å². The van der Waals surface area contributed by atoms with Crippen LogP contribution in [0.2, 0.25) is 0 Å². The number of carbonyl (C=O) groups is 1. The van der Waals surface area contributed by atoms with Crippen LogP contribution in [-0.4, -0.2) is 63.6 Å². The van der Waals surface area contributed by atoms with Gasteiger partial charge in [0.25, 0.3) is 0 Å². The first-order valence-corrected chi connectivity index (χ1v) is 7.08. The number of imidazole rings is 1. The Kier molecular flexibility index (Phi) is 4.77. The molecule has 1 amide bonds. The molecule has 1 aromatic heterocycles. The van der Waals surface area contributed by atoms with Crippen LogP contribution in [0.15, 0.2) is 12.4 Å². The van der Waals surface area contributed by atoms with Gasteiger partial charge in [0.2, 0.25) is 5.91 Å². The third kappa shape index (κ3) is 3.37. The smallest absolute Gasteiger partial charge is 0.225 e. The van der Waals surface area contributed by atoms with Gasteiger partial charge in [-0.15, -0.1) is 0 Å². The Hall–Kier alpha value is -1.40. The maximum absolute atomic E-state index is 12.3. The molecule has 2 atom stereocenters. The van der Waals surface area contributed by atoms with Crippen molar-refractivity contribution in [3.05, 3.63) is 18.2 Å². The highest BCUT2D eigenvalue weighted by atomic mass is 16.3. The Balaban J connectivity index is 1.93. The molecule has 6 heteroatoms. The molecule has 0 spiro atoms. The molecule has 1 aliphatic rings. The van der Waals surface area contributed by atoms with E-state index >= 15 is 0 Å². The fourth-order valence-corrected chi connectivity index (χ4v) is 2.69. The van der Waals surface area contributed by atoms with Gasteiger partial charge in [-0.1, -0.05) is 0 Å². The molecule has 0 bridgehead atoms. The number of aliphatic hydroxyl groups excluding tert-OH is 1. The zero-order chi connectivity index (χ0) is 14.7. The van der Waals surface area contributed by atoms with Crippen molar-refractivity contribution in [2.45, 2.75) is 31.4 Å². The minimum Gasteiger partial charge on any atom is -0.385 e. The summed E-state index contributed by atoms with van der Waals surface area (Å²) >= 11 is 0. The van der Waals surface area contributed by atoms with Gasteiger partial charge < -0.3 is 19.5 Å². The molecular formula is C14H24N4O2. The van der Waals surface area contributed by atoms with Gasteiger partial charge >= 0.3 is 0 Å². The maximum atomic E-state index is 12.3. The summed E-state index contributed by atoms with van der Waals surface area (Å²) in [5, 5.41) is 10.1. The van der Waals surface area contributed by atoms with Crippen LogP contribution in [0.3, 0.4) is 0 Å². The number of rotatable bonds is 4. The predicted octanol–water partition coefficient (Wildman–Crippen LogP) is 0.396. The Labute approximate surface area is 120 Å². The number of likely N-dealkylation sites (N-methyl/N-ethyl adjacent to an activating group) is 1. The molecule has 2 heterocycles. The normalized spacial score (nSPS) is 21.2. The Morgan fingerprint density at radius 1 is 1.60 bits per heavy atom. The summed E-state index contributed by atoms with van der Waals surface area (Å²) in [5.41, 5.74) is 0. The number of piperidine rings is 1. The number of hydrogen-bond donors (Lipinski definition) is 1. The molecule has 0 unspecified atom stereocenters. The lowest BCUT2D eigenvalue weighted by Crippen LogP contribution is -2.47. The standard InChI is InChI=1S/C14H24N4O2/c1-16(2)11-5-4-7-18(10-11)13(20)9-12(19)14-15-6-8-17(14)3/h6,8,11-12,19H,4-5,7,9-10H2,1-3H3/t11-,12+/m1/s1. The highest BCUT2D eigenvalue weighted by Crippen LogP contribution is 2.19. The summed E-state index contributed by atoms with van der Waals surface area (Å²) in [4.78, 5) is 20.4. The number of likely N-dealkylation sites (tertiary alicyclic amines) is 1. The number of aliphatic hydroxyl groups is 1. The Morgan fingerprint density at radius 3 is 2.95 bits per heavy atom. The van der Waals surface area contributed by atoms with Gasteiger partial charge in [-0.2, -0.15) is 0 Å². The van der Waals surface area contributed by atoms with E-state index in [9.17, 15) is 9.90 Å². The van der Waals surface area contributed by atoms with Gasteiger partial charge in [0, 0.05) is 38.6 Å². The largest absolute Gasteiger partial charge is 0.385 e. The molecule has 1 N–H and O–H groups in total. The Bertz CT molecular complexity index is 458. The molecule has 1 fully saturated rings. The predicted molar refractivity (Wildman–Crippen MR) is 76.1 cm³/mol. The topological polar surface area (TPSA) is 61.6 Å². The number of aryl methyl sites for hydroxylation is 1. The first-order chi connectivity index (χ1) is 9.49. The van der Waals surface area contributed by atoms with Crippen molar-refractivity contribution >= 4 is 5.91 Å². The quantitative estimate of drug-likeness (QED) is 0.867. The Morgan fingerprint density at radius 2 is 2.35 bits per heavy atom. The van der Waals surface area contributed by atoms with Crippen molar-refractivity contribution < 1.29 is 9.90 Å². The van der Waals surface area contributed by atoms with Crippen molar-refractivity contribution in [1.29, 1.82) is 0 Å². The average molecular weight is 280 g/mol. The number of aromatic nitrogens is 2. The van der Waals surface area contributed by atoms with Crippen LogP contribution in [0.25, 0.3) is 0 Å². The van der Waals surface area contributed by atoms with E-state index in [0.29, 0.717) is 11.9 Å². The van der Waals surface area contributed by atoms with Crippen molar-refractivity contribution in [3.63, 3.8) is 0 Å². The molecule has 2 rings (SSSR count). The van der Waals surface area contributed by atoms with E-state index in [1.165, 1.54) is 0 Å². The molecule has 1 aliphatic heterocycles. The lowest BCUT2D eigenvalue weighted by molar-refractivity contribution is -0.135. The second kappa shape index (κ2) is 6.37. The minimum atomic E-state index is -0.831. The average Bonchev–Trinajstić information content (AvgIpc) is 2.85. The second-order valence-corrected chi connectivity index (χ2v) is 5.72. The SMILES string of the molecule is CN(C)[C@@H]1CCCN(C(=O)C[C@H](O)c2nccn2C)C1. The fourth-order valence-electron chi connectivity index (χ4n) is 2.69. The highest BCUT2D eigenvalue weighted by Gasteiger charge is 2.27. The third-order valence-corrected chi connectivity index (χ3v) is 4.00. The van der Waals surface area contributed by atoms with Crippen molar-refractivity contribution in [2.24, 2.45) is 7.05 Å². The summed E-state index contributed by atoms with van der Waals surface area (Å²) in [6.45, 7) is 1.54. The van der Waals surface area contributed by atoms with Crippen LogP contribution in [0.1, 0.15) is 31.2 Å². The van der Waals surface area contributed by atoms with Crippen molar-refractivity contribution in [3.8, 4) is 0 Å². The monoisotopic (exact) mass is 280 g/mol. The van der Waals surface area contributed by atoms with Crippen LogP contribution in [0.4, 0.5) is 0 Å².